The van der Waals surface area contributed by atoms with E-state index in [4.69, 9.17) is 9.72 Å². The summed E-state index contributed by atoms with van der Waals surface area (Å²) in [5.74, 6) is 1.19. The molecule has 1 aromatic heterocycles. The Morgan fingerprint density at radius 1 is 1.37 bits per heavy atom. The summed E-state index contributed by atoms with van der Waals surface area (Å²) < 4.78 is 7.07. The third kappa shape index (κ3) is 2.95. The van der Waals surface area contributed by atoms with Crippen LogP contribution < -0.4 is 4.90 Å². The van der Waals surface area contributed by atoms with Crippen molar-refractivity contribution in [2.45, 2.75) is 38.8 Å². The van der Waals surface area contributed by atoms with E-state index in [0.29, 0.717) is 23.9 Å². The van der Waals surface area contributed by atoms with Gasteiger partial charge in [0, 0.05) is 45.1 Å². The molecule has 2 saturated heterocycles. The number of fused-ring (bicyclic) bond motifs is 2. The molecule has 2 aliphatic rings. The summed E-state index contributed by atoms with van der Waals surface area (Å²) >= 11 is 0. The van der Waals surface area contributed by atoms with Crippen LogP contribution in [0.5, 0.6) is 0 Å². The Labute approximate surface area is 158 Å². The summed E-state index contributed by atoms with van der Waals surface area (Å²) in [6.45, 7) is 4.75. The number of hydrogen-bond donors (Lipinski definition) is 0. The number of imidazole rings is 1. The zero-order chi connectivity index (χ0) is 19.1. The standard InChI is InChI=1S/C20H26N4O3/c1-4-8-24-17-6-5-13(19(26)27-3)10-15(17)21-20(24)23-9-7-16-14(12-23)11-18(25)22(16)2/h5-6,10,14,16H,4,7-9,11-12H2,1-3H3/t14-,16+/m1/s1. The van der Waals surface area contributed by atoms with E-state index in [2.05, 4.69) is 16.4 Å². The van der Waals surface area contributed by atoms with Gasteiger partial charge in [-0.25, -0.2) is 9.78 Å². The molecule has 3 heterocycles. The van der Waals surface area contributed by atoms with Gasteiger partial charge in [0.25, 0.3) is 0 Å². The number of esters is 1. The first-order chi connectivity index (χ1) is 13.0. The molecule has 0 unspecified atom stereocenters. The third-order valence-corrected chi connectivity index (χ3v) is 5.90. The molecule has 7 nitrogen and oxygen atoms in total. The monoisotopic (exact) mass is 370 g/mol. The molecule has 2 fully saturated rings. The zero-order valence-electron chi connectivity index (χ0n) is 16.1. The number of carbonyl (C=O) groups excluding carboxylic acids is 2. The Kier molecular flexibility index (Phi) is 4.53. The molecule has 0 aliphatic carbocycles. The molecule has 0 saturated carbocycles. The van der Waals surface area contributed by atoms with E-state index in [-0.39, 0.29) is 11.9 Å². The summed E-state index contributed by atoms with van der Waals surface area (Å²) in [6.07, 6.45) is 2.59. The summed E-state index contributed by atoms with van der Waals surface area (Å²) in [6, 6.07) is 5.90. The number of nitrogens with zero attached hydrogens (tertiary/aromatic N) is 4. The van der Waals surface area contributed by atoms with Gasteiger partial charge in [0.1, 0.15) is 0 Å². The molecule has 0 N–H and O–H groups in total. The second-order valence-corrected chi connectivity index (χ2v) is 7.53. The summed E-state index contributed by atoms with van der Waals surface area (Å²) in [7, 11) is 3.31. The van der Waals surface area contributed by atoms with Crippen LogP contribution in [-0.4, -0.2) is 59.6 Å². The number of methoxy groups -OCH3 is 1. The first-order valence-electron chi connectivity index (χ1n) is 9.62. The SMILES string of the molecule is CCCn1c(N2CC[C@H]3[C@H](CC(=O)N3C)C2)nc2cc(C(=O)OC)ccc21. The highest BCUT2D eigenvalue weighted by Crippen LogP contribution is 2.34. The van der Waals surface area contributed by atoms with Gasteiger partial charge in [0.15, 0.2) is 0 Å². The fraction of sp³-hybridized carbons (Fsp3) is 0.550. The topological polar surface area (TPSA) is 67.7 Å². The van der Waals surface area contributed by atoms with Crippen molar-refractivity contribution < 1.29 is 14.3 Å². The molecule has 2 aromatic rings. The van der Waals surface area contributed by atoms with Gasteiger partial charge in [-0.3, -0.25) is 4.79 Å². The second-order valence-electron chi connectivity index (χ2n) is 7.53. The Morgan fingerprint density at radius 2 is 2.19 bits per heavy atom. The van der Waals surface area contributed by atoms with Gasteiger partial charge in [-0.1, -0.05) is 6.92 Å². The van der Waals surface area contributed by atoms with Crippen molar-refractivity contribution in [3.8, 4) is 0 Å². The highest BCUT2D eigenvalue weighted by Gasteiger charge is 2.41. The van der Waals surface area contributed by atoms with E-state index >= 15 is 0 Å². The maximum absolute atomic E-state index is 12.1. The average molecular weight is 370 g/mol. The van der Waals surface area contributed by atoms with Gasteiger partial charge in [-0.15, -0.1) is 0 Å². The number of carbonyl (C=O) groups is 2. The number of aryl methyl sites for hydroxylation is 1. The number of likely N-dealkylation sites (tertiary alicyclic amines) is 1. The highest BCUT2D eigenvalue weighted by molar-refractivity contribution is 5.94. The van der Waals surface area contributed by atoms with Crippen LogP contribution in [0.4, 0.5) is 5.95 Å². The van der Waals surface area contributed by atoms with Crippen molar-refractivity contribution >= 4 is 28.9 Å². The number of piperidine rings is 1. The van der Waals surface area contributed by atoms with Crippen molar-refractivity contribution in [2.24, 2.45) is 5.92 Å². The maximum Gasteiger partial charge on any atom is 0.337 e. The number of rotatable bonds is 4. The molecule has 27 heavy (non-hydrogen) atoms. The molecule has 7 heteroatoms. The van der Waals surface area contributed by atoms with Crippen LogP contribution in [0.25, 0.3) is 11.0 Å². The molecule has 0 bridgehead atoms. The number of amides is 1. The molecule has 2 atom stereocenters. The van der Waals surface area contributed by atoms with E-state index < -0.39 is 0 Å². The van der Waals surface area contributed by atoms with Gasteiger partial charge in [0.2, 0.25) is 11.9 Å². The zero-order valence-corrected chi connectivity index (χ0v) is 16.1. The van der Waals surface area contributed by atoms with Crippen LogP contribution in [-0.2, 0) is 16.1 Å². The molecule has 0 radical (unpaired) electrons. The maximum atomic E-state index is 12.1. The molecule has 2 aliphatic heterocycles. The minimum absolute atomic E-state index is 0.247. The molecule has 144 valence electrons. The van der Waals surface area contributed by atoms with E-state index in [0.717, 1.165) is 49.5 Å². The van der Waals surface area contributed by atoms with Crippen LogP contribution in [0.3, 0.4) is 0 Å². The van der Waals surface area contributed by atoms with Crippen LogP contribution in [0.15, 0.2) is 18.2 Å². The average Bonchev–Trinajstić information content (AvgIpc) is 3.18. The molecular weight excluding hydrogens is 344 g/mol. The quantitative estimate of drug-likeness (QED) is 0.773. The third-order valence-electron chi connectivity index (χ3n) is 5.90. The van der Waals surface area contributed by atoms with Crippen LogP contribution in [0.1, 0.15) is 36.5 Å². The Hall–Kier alpha value is -2.57. The minimum Gasteiger partial charge on any atom is -0.465 e. The van der Waals surface area contributed by atoms with Gasteiger partial charge < -0.3 is 19.1 Å². The molecule has 0 spiro atoms. The molecule has 1 amide bonds. The van der Waals surface area contributed by atoms with Crippen molar-refractivity contribution in [2.75, 3.05) is 32.1 Å². The Morgan fingerprint density at radius 3 is 2.93 bits per heavy atom. The summed E-state index contributed by atoms with van der Waals surface area (Å²) in [5.41, 5.74) is 2.35. The van der Waals surface area contributed by atoms with E-state index in [9.17, 15) is 9.59 Å². The molecular formula is C20H26N4O3. The lowest BCUT2D eigenvalue weighted by Gasteiger charge is -2.37. The predicted molar refractivity (Wildman–Crippen MR) is 103 cm³/mol. The lowest BCUT2D eigenvalue weighted by Crippen LogP contribution is -2.46. The normalized spacial score (nSPS) is 22.4. The molecule has 1 aromatic carbocycles. The Balaban J connectivity index is 1.69. The van der Waals surface area contributed by atoms with Crippen molar-refractivity contribution in [1.82, 2.24) is 14.5 Å². The van der Waals surface area contributed by atoms with E-state index in [1.54, 1.807) is 12.1 Å². The van der Waals surface area contributed by atoms with Crippen molar-refractivity contribution in [3.63, 3.8) is 0 Å². The number of ether oxygens (including phenoxy) is 1. The van der Waals surface area contributed by atoms with Crippen molar-refractivity contribution in [3.05, 3.63) is 23.8 Å². The largest absolute Gasteiger partial charge is 0.465 e. The van der Waals surface area contributed by atoms with Gasteiger partial charge in [0.05, 0.1) is 23.7 Å². The summed E-state index contributed by atoms with van der Waals surface area (Å²) in [4.78, 5) is 33.0. The smallest absolute Gasteiger partial charge is 0.337 e. The highest BCUT2D eigenvalue weighted by atomic mass is 16.5. The van der Waals surface area contributed by atoms with Gasteiger partial charge in [-0.2, -0.15) is 0 Å². The van der Waals surface area contributed by atoms with Gasteiger partial charge in [-0.05, 0) is 31.0 Å². The minimum atomic E-state index is -0.350. The summed E-state index contributed by atoms with van der Waals surface area (Å²) in [5, 5.41) is 0. The number of hydrogen-bond acceptors (Lipinski definition) is 5. The lowest BCUT2D eigenvalue weighted by atomic mass is 9.93. The fourth-order valence-electron chi connectivity index (χ4n) is 4.51. The van der Waals surface area contributed by atoms with Crippen LogP contribution in [0, 0.1) is 5.92 Å². The van der Waals surface area contributed by atoms with E-state index in [1.807, 2.05) is 18.0 Å². The second kappa shape index (κ2) is 6.87. The predicted octanol–water partition coefficient (Wildman–Crippen LogP) is 2.29. The first-order valence-corrected chi connectivity index (χ1v) is 9.62. The van der Waals surface area contributed by atoms with E-state index in [1.165, 1.54) is 7.11 Å². The fourth-order valence-corrected chi connectivity index (χ4v) is 4.51. The Bertz CT molecular complexity index is 891. The molecule has 4 rings (SSSR count). The van der Waals surface area contributed by atoms with Crippen LogP contribution >= 0.6 is 0 Å². The van der Waals surface area contributed by atoms with Gasteiger partial charge >= 0.3 is 5.97 Å². The number of aromatic nitrogens is 2. The first kappa shape index (κ1) is 17.8. The van der Waals surface area contributed by atoms with Crippen LogP contribution in [0.2, 0.25) is 0 Å². The number of benzene rings is 1. The van der Waals surface area contributed by atoms with Crippen molar-refractivity contribution in [1.29, 1.82) is 0 Å². The number of anilines is 1. The lowest BCUT2D eigenvalue weighted by molar-refractivity contribution is -0.127.